The molecule has 1 aliphatic rings. The maximum absolute atomic E-state index is 12.4. The summed E-state index contributed by atoms with van der Waals surface area (Å²) in [4.78, 5) is 19.0. The molecule has 1 atom stereocenters. The minimum absolute atomic E-state index is 0.149. The van der Waals surface area contributed by atoms with E-state index in [1.165, 1.54) is 5.56 Å². The quantitative estimate of drug-likeness (QED) is 0.731. The molecule has 1 saturated heterocycles. The Hall–Kier alpha value is -2.44. The SMILES string of the molecule is CC(C)OC(=O)c1cccnc1N1CCC(NCc2ccc(CN)cc2)C1. The molecule has 1 aromatic heterocycles. The fourth-order valence-corrected chi connectivity index (χ4v) is 3.26. The van der Waals surface area contributed by atoms with Crippen molar-refractivity contribution >= 4 is 11.8 Å². The lowest BCUT2D eigenvalue weighted by Gasteiger charge is -2.21. The molecule has 0 spiro atoms. The number of hydrogen-bond donors (Lipinski definition) is 2. The molecule has 2 heterocycles. The van der Waals surface area contributed by atoms with Crippen LogP contribution in [-0.4, -0.2) is 36.2 Å². The lowest BCUT2D eigenvalue weighted by molar-refractivity contribution is 0.0378. The molecule has 2 aromatic rings. The predicted molar refractivity (Wildman–Crippen MR) is 107 cm³/mol. The first-order valence-corrected chi connectivity index (χ1v) is 9.49. The topological polar surface area (TPSA) is 80.5 Å². The number of ether oxygens (including phenoxy) is 1. The Morgan fingerprint density at radius 3 is 2.74 bits per heavy atom. The van der Waals surface area contributed by atoms with E-state index in [0.717, 1.165) is 31.6 Å². The number of esters is 1. The number of anilines is 1. The summed E-state index contributed by atoms with van der Waals surface area (Å²) in [7, 11) is 0. The van der Waals surface area contributed by atoms with Gasteiger partial charge in [-0.2, -0.15) is 0 Å². The average molecular weight is 368 g/mol. The van der Waals surface area contributed by atoms with Gasteiger partial charge < -0.3 is 20.7 Å². The molecular formula is C21H28N4O2. The Labute approximate surface area is 160 Å². The molecule has 0 aliphatic carbocycles. The maximum atomic E-state index is 12.4. The van der Waals surface area contributed by atoms with Crippen LogP contribution in [0.15, 0.2) is 42.6 Å². The van der Waals surface area contributed by atoms with Gasteiger partial charge >= 0.3 is 5.97 Å². The summed E-state index contributed by atoms with van der Waals surface area (Å²) in [6.07, 6.45) is 2.58. The van der Waals surface area contributed by atoms with Crippen LogP contribution in [-0.2, 0) is 17.8 Å². The molecule has 1 aromatic carbocycles. The molecule has 27 heavy (non-hydrogen) atoms. The monoisotopic (exact) mass is 368 g/mol. The molecule has 3 N–H and O–H groups in total. The van der Waals surface area contributed by atoms with E-state index < -0.39 is 0 Å². The van der Waals surface area contributed by atoms with Gasteiger partial charge in [0.05, 0.1) is 6.10 Å². The highest BCUT2D eigenvalue weighted by Crippen LogP contribution is 2.23. The predicted octanol–water partition coefficient (Wildman–Crippen LogP) is 2.47. The lowest BCUT2D eigenvalue weighted by atomic mass is 10.1. The van der Waals surface area contributed by atoms with Gasteiger partial charge in [0.25, 0.3) is 0 Å². The Morgan fingerprint density at radius 1 is 1.30 bits per heavy atom. The number of rotatable bonds is 7. The fourth-order valence-electron chi connectivity index (χ4n) is 3.26. The first kappa shape index (κ1) is 19.3. The van der Waals surface area contributed by atoms with Crippen LogP contribution in [0.25, 0.3) is 0 Å². The summed E-state index contributed by atoms with van der Waals surface area (Å²) in [5.41, 5.74) is 8.56. The second-order valence-corrected chi connectivity index (χ2v) is 7.16. The number of aromatic nitrogens is 1. The molecule has 0 saturated carbocycles. The normalized spacial score (nSPS) is 16.7. The van der Waals surface area contributed by atoms with Crippen LogP contribution in [0.3, 0.4) is 0 Å². The van der Waals surface area contributed by atoms with E-state index >= 15 is 0 Å². The third-order valence-electron chi connectivity index (χ3n) is 4.69. The zero-order chi connectivity index (χ0) is 19.2. The van der Waals surface area contributed by atoms with Crippen molar-refractivity contribution in [2.75, 3.05) is 18.0 Å². The van der Waals surface area contributed by atoms with Gasteiger partial charge in [-0.3, -0.25) is 0 Å². The Kier molecular flexibility index (Phi) is 6.42. The van der Waals surface area contributed by atoms with Crippen LogP contribution in [0.2, 0.25) is 0 Å². The smallest absolute Gasteiger partial charge is 0.342 e. The molecule has 0 amide bonds. The second kappa shape index (κ2) is 8.97. The Morgan fingerprint density at radius 2 is 2.04 bits per heavy atom. The van der Waals surface area contributed by atoms with Crippen LogP contribution < -0.4 is 16.0 Å². The molecule has 1 fully saturated rings. The van der Waals surface area contributed by atoms with E-state index in [0.29, 0.717) is 24.0 Å². The number of nitrogens with two attached hydrogens (primary N) is 1. The van der Waals surface area contributed by atoms with Crippen LogP contribution in [0.1, 0.15) is 41.8 Å². The van der Waals surface area contributed by atoms with E-state index in [2.05, 4.69) is 39.5 Å². The summed E-state index contributed by atoms with van der Waals surface area (Å²) in [6, 6.07) is 12.3. The molecular weight excluding hydrogens is 340 g/mol. The summed E-state index contributed by atoms with van der Waals surface area (Å²) in [5.74, 6) is 0.393. The molecule has 0 radical (unpaired) electrons. The van der Waals surface area contributed by atoms with Crippen molar-refractivity contribution in [3.63, 3.8) is 0 Å². The second-order valence-electron chi connectivity index (χ2n) is 7.16. The molecule has 3 rings (SSSR count). The van der Waals surface area contributed by atoms with E-state index in [-0.39, 0.29) is 12.1 Å². The van der Waals surface area contributed by atoms with Crippen LogP contribution in [0.5, 0.6) is 0 Å². The van der Waals surface area contributed by atoms with Gasteiger partial charge in [-0.15, -0.1) is 0 Å². The standard InChI is InChI=1S/C21H28N4O2/c1-15(2)27-21(26)19-4-3-10-23-20(19)25-11-9-18(14-25)24-13-17-7-5-16(12-22)6-8-17/h3-8,10,15,18,24H,9,11-14,22H2,1-2H3. The van der Waals surface area contributed by atoms with Crippen LogP contribution in [0, 0.1) is 0 Å². The van der Waals surface area contributed by atoms with Gasteiger partial charge in [-0.25, -0.2) is 9.78 Å². The van der Waals surface area contributed by atoms with Gasteiger partial charge in [0.15, 0.2) is 0 Å². The fraction of sp³-hybridized carbons (Fsp3) is 0.429. The van der Waals surface area contributed by atoms with Crippen LogP contribution in [0.4, 0.5) is 5.82 Å². The van der Waals surface area contributed by atoms with Crippen molar-refractivity contribution < 1.29 is 9.53 Å². The zero-order valence-corrected chi connectivity index (χ0v) is 16.0. The van der Waals surface area contributed by atoms with E-state index in [1.54, 1.807) is 18.3 Å². The first-order chi connectivity index (χ1) is 13.1. The summed E-state index contributed by atoms with van der Waals surface area (Å²) < 4.78 is 5.36. The summed E-state index contributed by atoms with van der Waals surface area (Å²) in [6.45, 7) is 6.76. The Balaban J connectivity index is 1.60. The van der Waals surface area contributed by atoms with Gasteiger partial charge in [-0.1, -0.05) is 24.3 Å². The number of benzene rings is 1. The minimum atomic E-state index is -0.315. The third kappa shape index (κ3) is 5.05. The Bertz CT molecular complexity index is 761. The van der Waals surface area contributed by atoms with E-state index in [1.807, 2.05) is 13.8 Å². The number of pyridine rings is 1. The van der Waals surface area contributed by atoms with E-state index in [4.69, 9.17) is 10.5 Å². The van der Waals surface area contributed by atoms with Crippen molar-refractivity contribution in [2.45, 2.75) is 45.5 Å². The molecule has 144 valence electrons. The highest BCUT2D eigenvalue weighted by Gasteiger charge is 2.27. The van der Waals surface area contributed by atoms with Crippen LogP contribution >= 0.6 is 0 Å². The van der Waals surface area contributed by atoms with Crippen molar-refractivity contribution in [1.82, 2.24) is 10.3 Å². The highest BCUT2D eigenvalue weighted by molar-refractivity contribution is 5.94. The number of carbonyl (C=O) groups excluding carboxylic acids is 1. The van der Waals surface area contributed by atoms with Gasteiger partial charge in [-0.05, 0) is 43.5 Å². The molecule has 6 nitrogen and oxygen atoms in total. The molecule has 1 unspecified atom stereocenters. The van der Waals surface area contributed by atoms with Gasteiger partial charge in [0.2, 0.25) is 0 Å². The van der Waals surface area contributed by atoms with Crippen molar-refractivity contribution in [2.24, 2.45) is 5.73 Å². The lowest BCUT2D eigenvalue weighted by Crippen LogP contribution is -2.33. The summed E-state index contributed by atoms with van der Waals surface area (Å²) in [5, 5.41) is 3.60. The zero-order valence-electron chi connectivity index (χ0n) is 16.0. The van der Waals surface area contributed by atoms with Crippen molar-refractivity contribution in [1.29, 1.82) is 0 Å². The highest BCUT2D eigenvalue weighted by atomic mass is 16.5. The van der Waals surface area contributed by atoms with Crippen molar-refractivity contribution in [3.8, 4) is 0 Å². The number of nitrogens with zero attached hydrogens (tertiary/aromatic N) is 2. The molecule has 0 bridgehead atoms. The average Bonchev–Trinajstić information content (AvgIpc) is 3.15. The number of nitrogens with one attached hydrogen (secondary N) is 1. The van der Waals surface area contributed by atoms with Gasteiger partial charge in [0, 0.05) is 38.4 Å². The maximum Gasteiger partial charge on any atom is 0.342 e. The molecule has 6 heteroatoms. The van der Waals surface area contributed by atoms with E-state index in [9.17, 15) is 4.79 Å². The molecule has 1 aliphatic heterocycles. The number of carbonyl (C=O) groups is 1. The third-order valence-corrected chi connectivity index (χ3v) is 4.69. The first-order valence-electron chi connectivity index (χ1n) is 9.49. The number of hydrogen-bond acceptors (Lipinski definition) is 6. The largest absolute Gasteiger partial charge is 0.459 e. The van der Waals surface area contributed by atoms with Gasteiger partial charge in [0.1, 0.15) is 11.4 Å². The van der Waals surface area contributed by atoms with Crippen molar-refractivity contribution in [3.05, 3.63) is 59.3 Å². The summed E-state index contributed by atoms with van der Waals surface area (Å²) >= 11 is 0. The minimum Gasteiger partial charge on any atom is -0.459 e.